The van der Waals surface area contributed by atoms with Gasteiger partial charge in [-0.2, -0.15) is 0 Å². The second-order valence-corrected chi connectivity index (χ2v) is 9.69. The summed E-state index contributed by atoms with van der Waals surface area (Å²) >= 11 is 1.59. The highest BCUT2D eigenvalue weighted by molar-refractivity contribution is 7.97. The van der Waals surface area contributed by atoms with Crippen LogP contribution in [-0.2, 0) is 11.2 Å². The molecule has 7 heteroatoms. The van der Waals surface area contributed by atoms with E-state index in [1.807, 2.05) is 61.5 Å². The molecule has 0 saturated heterocycles. The van der Waals surface area contributed by atoms with Crippen molar-refractivity contribution in [2.75, 3.05) is 5.32 Å². The lowest BCUT2D eigenvalue weighted by Crippen LogP contribution is -2.34. The van der Waals surface area contributed by atoms with Crippen molar-refractivity contribution in [3.05, 3.63) is 95.8 Å². The smallest absolute Gasteiger partial charge is 0.251 e. The van der Waals surface area contributed by atoms with E-state index in [0.29, 0.717) is 12.0 Å². The summed E-state index contributed by atoms with van der Waals surface area (Å²) in [4.78, 5) is 23.2. The molecule has 180 valence electrons. The fourth-order valence-corrected chi connectivity index (χ4v) is 3.55. The number of anilines is 1. The molecule has 3 aromatic rings. The lowest BCUT2D eigenvalue weighted by atomic mass is 10.1. The van der Waals surface area contributed by atoms with Crippen LogP contribution in [0.2, 0.25) is 0 Å². The number of carbonyl (C=O) groups excluding carboxylic acids is 2. The molecule has 3 N–H and O–H groups in total. The predicted octanol–water partition coefficient (Wildman–Crippen LogP) is 5.84. The summed E-state index contributed by atoms with van der Waals surface area (Å²) in [6, 6.07) is 23.3. The SMILES string of the molecule is CC(C)(C)NSc1ccc(NC=O)cc1.CC(Cc1ccccc1)NC(=O)c1cccc(F)c1. The molecule has 1 unspecified atom stereocenters. The highest BCUT2D eigenvalue weighted by Crippen LogP contribution is 2.20. The van der Waals surface area contributed by atoms with Gasteiger partial charge in [0, 0.05) is 27.7 Å². The molecule has 0 aromatic heterocycles. The summed E-state index contributed by atoms with van der Waals surface area (Å²) in [6.45, 7) is 8.27. The van der Waals surface area contributed by atoms with Crippen LogP contribution < -0.4 is 15.4 Å². The van der Waals surface area contributed by atoms with Crippen LogP contribution >= 0.6 is 11.9 Å². The number of rotatable bonds is 8. The molecule has 3 rings (SSSR count). The Morgan fingerprint density at radius 2 is 1.68 bits per heavy atom. The maximum atomic E-state index is 13.0. The molecule has 34 heavy (non-hydrogen) atoms. The molecule has 0 aliphatic carbocycles. The molecule has 2 amide bonds. The van der Waals surface area contributed by atoms with E-state index >= 15 is 0 Å². The molecule has 0 heterocycles. The third-order valence-corrected chi connectivity index (χ3v) is 5.63. The summed E-state index contributed by atoms with van der Waals surface area (Å²) < 4.78 is 16.3. The molecule has 0 fully saturated rings. The Morgan fingerprint density at radius 1 is 1.00 bits per heavy atom. The minimum absolute atomic E-state index is 0.00170. The number of carbonyl (C=O) groups is 2. The highest BCUT2D eigenvalue weighted by Gasteiger charge is 2.11. The summed E-state index contributed by atoms with van der Waals surface area (Å²) in [5.74, 6) is -0.647. The summed E-state index contributed by atoms with van der Waals surface area (Å²) in [6.07, 6.45) is 1.43. The van der Waals surface area contributed by atoms with Crippen molar-refractivity contribution in [2.45, 2.75) is 50.6 Å². The van der Waals surface area contributed by atoms with Gasteiger partial charge in [-0.05, 0) is 94.1 Å². The van der Waals surface area contributed by atoms with Crippen molar-refractivity contribution < 1.29 is 14.0 Å². The molecular formula is C27H32FN3O2S. The van der Waals surface area contributed by atoms with E-state index in [4.69, 9.17) is 0 Å². The third-order valence-electron chi connectivity index (χ3n) is 4.40. The van der Waals surface area contributed by atoms with Crippen LogP contribution in [0.5, 0.6) is 0 Å². The Kier molecular flexibility index (Phi) is 10.8. The van der Waals surface area contributed by atoms with E-state index in [-0.39, 0.29) is 17.5 Å². The minimum Gasteiger partial charge on any atom is -0.349 e. The van der Waals surface area contributed by atoms with Gasteiger partial charge in [-0.25, -0.2) is 4.39 Å². The highest BCUT2D eigenvalue weighted by atomic mass is 32.2. The average molecular weight is 482 g/mol. The first kappa shape index (κ1) is 27.1. The molecular weight excluding hydrogens is 449 g/mol. The number of hydrogen-bond donors (Lipinski definition) is 3. The fourth-order valence-electron chi connectivity index (χ4n) is 2.85. The standard InChI is InChI=1S/C16H16FNO.C11H16N2OS/c1-12(10-13-6-3-2-4-7-13)18-16(19)14-8-5-9-15(17)11-14;1-11(2,3)13-15-10-6-4-9(5-7-10)12-8-14/h2-9,11-12H,10H2,1H3,(H,18,19);4-8,13H,1-3H3,(H,12,14). The van der Waals surface area contributed by atoms with E-state index < -0.39 is 5.82 Å². The molecule has 0 bridgehead atoms. The van der Waals surface area contributed by atoms with Crippen molar-refractivity contribution in [1.82, 2.24) is 10.0 Å². The maximum absolute atomic E-state index is 13.0. The molecule has 3 aromatic carbocycles. The topological polar surface area (TPSA) is 70.2 Å². The van der Waals surface area contributed by atoms with Crippen LogP contribution in [0, 0.1) is 5.82 Å². The quantitative estimate of drug-likeness (QED) is 0.279. The molecule has 0 aliphatic rings. The Balaban J connectivity index is 0.000000248. The van der Waals surface area contributed by atoms with Gasteiger partial charge < -0.3 is 10.6 Å². The fraction of sp³-hybridized carbons (Fsp3) is 0.259. The monoisotopic (exact) mass is 481 g/mol. The zero-order valence-corrected chi connectivity index (χ0v) is 20.8. The van der Waals surface area contributed by atoms with E-state index in [1.54, 1.807) is 18.0 Å². The van der Waals surface area contributed by atoms with Crippen LogP contribution in [0.3, 0.4) is 0 Å². The zero-order chi connectivity index (χ0) is 25.0. The van der Waals surface area contributed by atoms with Gasteiger partial charge >= 0.3 is 0 Å². The van der Waals surface area contributed by atoms with E-state index in [1.165, 1.54) is 18.2 Å². The van der Waals surface area contributed by atoms with Gasteiger partial charge in [-0.3, -0.25) is 14.3 Å². The summed E-state index contributed by atoms with van der Waals surface area (Å²) in [5.41, 5.74) is 2.41. The number of hydrogen-bond acceptors (Lipinski definition) is 4. The van der Waals surface area contributed by atoms with Gasteiger partial charge in [-0.1, -0.05) is 36.4 Å². The second kappa shape index (κ2) is 13.5. The van der Waals surface area contributed by atoms with Gasteiger partial charge in [0.15, 0.2) is 0 Å². The third kappa shape index (κ3) is 10.6. The Labute approximate surface area is 205 Å². The number of halogens is 1. The van der Waals surface area contributed by atoms with Crippen molar-refractivity contribution in [2.24, 2.45) is 0 Å². The summed E-state index contributed by atoms with van der Waals surface area (Å²) in [7, 11) is 0. The van der Waals surface area contributed by atoms with Gasteiger partial charge in [0.05, 0.1) is 0 Å². The van der Waals surface area contributed by atoms with Crippen LogP contribution in [0.1, 0.15) is 43.6 Å². The van der Waals surface area contributed by atoms with Crippen molar-refractivity contribution in [1.29, 1.82) is 0 Å². The minimum atomic E-state index is -0.400. The van der Waals surface area contributed by atoms with E-state index in [2.05, 4.69) is 36.1 Å². The Morgan fingerprint density at radius 3 is 2.26 bits per heavy atom. The van der Waals surface area contributed by atoms with Crippen molar-refractivity contribution in [3.63, 3.8) is 0 Å². The summed E-state index contributed by atoms with van der Waals surface area (Å²) in [5, 5.41) is 5.46. The first-order valence-electron chi connectivity index (χ1n) is 11.0. The maximum Gasteiger partial charge on any atom is 0.251 e. The molecule has 0 spiro atoms. The normalized spacial score (nSPS) is 11.6. The molecule has 0 radical (unpaired) electrons. The number of amides is 2. The van der Waals surface area contributed by atoms with Gasteiger partial charge in [0.25, 0.3) is 5.91 Å². The van der Waals surface area contributed by atoms with Crippen molar-refractivity contribution in [3.8, 4) is 0 Å². The van der Waals surface area contributed by atoms with Crippen molar-refractivity contribution >= 4 is 30.0 Å². The van der Waals surface area contributed by atoms with Gasteiger partial charge in [-0.15, -0.1) is 0 Å². The molecule has 0 aliphatic heterocycles. The van der Waals surface area contributed by atoms with E-state index in [9.17, 15) is 14.0 Å². The zero-order valence-electron chi connectivity index (χ0n) is 20.0. The average Bonchev–Trinajstić information content (AvgIpc) is 2.79. The number of nitrogens with one attached hydrogen (secondary N) is 3. The lowest BCUT2D eigenvalue weighted by molar-refractivity contribution is -0.105. The predicted molar refractivity (Wildman–Crippen MR) is 138 cm³/mol. The van der Waals surface area contributed by atoms with Crippen LogP contribution in [0.4, 0.5) is 10.1 Å². The largest absolute Gasteiger partial charge is 0.349 e. The van der Waals surface area contributed by atoms with Crippen LogP contribution in [0.15, 0.2) is 83.8 Å². The second-order valence-electron chi connectivity index (χ2n) is 8.82. The van der Waals surface area contributed by atoms with E-state index in [0.717, 1.165) is 22.6 Å². The first-order chi connectivity index (χ1) is 16.2. The Hall–Kier alpha value is -3.16. The van der Waals surface area contributed by atoms with Crippen LogP contribution in [-0.4, -0.2) is 23.9 Å². The van der Waals surface area contributed by atoms with Gasteiger partial charge in [0.2, 0.25) is 6.41 Å². The van der Waals surface area contributed by atoms with Gasteiger partial charge in [0.1, 0.15) is 5.82 Å². The Bertz CT molecular complexity index is 1040. The van der Waals surface area contributed by atoms with Crippen LogP contribution in [0.25, 0.3) is 0 Å². The first-order valence-corrected chi connectivity index (χ1v) is 11.8. The molecule has 1 atom stereocenters. The number of benzene rings is 3. The molecule has 0 saturated carbocycles. The lowest BCUT2D eigenvalue weighted by Gasteiger charge is -2.19. The molecule has 5 nitrogen and oxygen atoms in total.